The second-order valence-corrected chi connectivity index (χ2v) is 5.57. The predicted molar refractivity (Wildman–Crippen MR) is 86.5 cm³/mol. The number of imidazole rings is 1. The normalized spacial score (nSPS) is 11.6. The molecule has 0 aliphatic rings. The van der Waals surface area contributed by atoms with Gasteiger partial charge in [0.1, 0.15) is 11.1 Å². The zero-order chi connectivity index (χ0) is 15.3. The molecule has 22 heavy (non-hydrogen) atoms. The molecule has 2 heterocycles. The lowest BCUT2D eigenvalue weighted by atomic mass is 10.1. The van der Waals surface area contributed by atoms with E-state index in [1.807, 2.05) is 6.07 Å². The van der Waals surface area contributed by atoms with Crippen LogP contribution in [-0.4, -0.2) is 9.55 Å². The van der Waals surface area contributed by atoms with Crippen LogP contribution in [0.3, 0.4) is 0 Å². The van der Waals surface area contributed by atoms with Crippen molar-refractivity contribution in [3.63, 3.8) is 0 Å². The first-order valence-electron chi connectivity index (χ1n) is 7.52. The van der Waals surface area contributed by atoms with Crippen LogP contribution in [0.5, 0.6) is 0 Å². The molecule has 0 amide bonds. The average molecular weight is 292 g/mol. The zero-order valence-corrected chi connectivity index (χ0v) is 13.0. The van der Waals surface area contributed by atoms with E-state index in [1.54, 1.807) is 0 Å². The van der Waals surface area contributed by atoms with Crippen molar-refractivity contribution in [1.82, 2.24) is 9.55 Å². The number of para-hydroxylation sites is 2. The molecule has 2 aromatic carbocycles. The lowest BCUT2D eigenvalue weighted by molar-refractivity contribution is -0.634. The van der Waals surface area contributed by atoms with Crippen molar-refractivity contribution in [2.45, 2.75) is 20.4 Å². The average Bonchev–Trinajstić information content (AvgIpc) is 3.11. The van der Waals surface area contributed by atoms with Gasteiger partial charge in [-0.05, 0) is 37.6 Å². The Balaban J connectivity index is 2.19. The molecule has 0 N–H and O–H groups in total. The molecule has 0 saturated carbocycles. The molecule has 0 spiro atoms. The van der Waals surface area contributed by atoms with Crippen LogP contribution in [-0.2, 0) is 13.6 Å². The fourth-order valence-corrected chi connectivity index (χ4v) is 3.31. The fraction of sp³-hybridized carbons (Fsp3) is 0.222. The van der Waals surface area contributed by atoms with E-state index in [0.29, 0.717) is 0 Å². The summed E-state index contributed by atoms with van der Waals surface area (Å²) in [4.78, 5) is 4.30. The number of fused-ring (bicyclic) bond motifs is 2. The maximum Gasteiger partial charge on any atom is 0.293 e. The zero-order valence-electron chi connectivity index (χ0n) is 13.0. The molecule has 0 fully saturated rings. The lowest BCUT2D eigenvalue weighted by Gasteiger charge is -2.05. The Bertz CT molecular complexity index is 994. The maximum atomic E-state index is 5.70. The van der Waals surface area contributed by atoms with Crippen molar-refractivity contribution >= 4 is 22.1 Å². The van der Waals surface area contributed by atoms with Crippen LogP contribution < -0.4 is 4.57 Å². The smallest absolute Gasteiger partial charge is 0.293 e. The Morgan fingerprint density at radius 1 is 1.18 bits per heavy atom. The van der Waals surface area contributed by atoms with Crippen molar-refractivity contribution in [1.29, 1.82) is 0 Å². The van der Waals surface area contributed by atoms with Gasteiger partial charge in [0.25, 0.3) is 5.82 Å². The number of hydrogen-bond donors (Lipinski definition) is 0. The van der Waals surface area contributed by atoms with E-state index < -0.39 is 0 Å². The molecule has 4 rings (SSSR count). The highest BCUT2D eigenvalue weighted by Crippen LogP contribution is 2.32. The summed E-state index contributed by atoms with van der Waals surface area (Å²) >= 11 is 0. The van der Waals surface area contributed by atoms with Crippen molar-refractivity contribution in [3.8, 4) is 11.4 Å². The second-order valence-electron chi connectivity index (χ2n) is 5.57. The summed E-state index contributed by atoms with van der Waals surface area (Å²) in [5.41, 5.74) is 6.52. The Morgan fingerprint density at radius 3 is 2.82 bits per heavy atom. The molecular formula is C18H18N3O+. The molecular weight excluding hydrogens is 274 g/mol. The first-order valence-corrected chi connectivity index (χ1v) is 7.52. The van der Waals surface area contributed by atoms with Crippen LogP contribution in [0.25, 0.3) is 33.5 Å². The molecule has 0 atom stereocenters. The van der Waals surface area contributed by atoms with E-state index in [2.05, 4.69) is 65.3 Å². The fourth-order valence-electron chi connectivity index (χ4n) is 3.31. The van der Waals surface area contributed by atoms with Crippen LogP contribution in [0.15, 0.2) is 47.2 Å². The van der Waals surface area contributed by atoms with Crippen molar-refractivity contribution in [2.24, 2.45) is 7.05 Å². The molecule has 0 aliphatic carbocycles. The SMILES string of the molecule is CCn1c(-c2c(C)ccc3ncoc23)[n+](C)c2ccccc21. The van der Waals surface area contributed by atoms with Crippen LogP contribution in [0, 0.1) is 6.92 Å². The molecule has 0 saturated heterocycles. The lowest BCUT2D eigenvalue weighted by Crippen LogP contribution is -2.30. The number of hydrogen-bond acceptors (Lipinski definition) is 2. The molecule has 4 aromatic rings. The minimum atomic E-state index is 0.855. The molecule has 4 heteroatoms. The van der Waals surface area contributed by atoms with Crippen LogP contribution in [0.4, 0.5) is 0 Å². The quantitative estimate of drug-likeness (QED) is 0.529. The van der Waals surface area contributed by atoms with Gasteiger partial charge in [-0.25, -0.2) is 14.1 Å². The third kappa shape index (κ3) is 1.64. The van der Waals surface area contributed by atoms with Crippen LogP contribution >= 0.6 is 0 Å². The van der Waals surface area contributed by atoms with Gasteiger partial charge >= 0.3 is 0 Å². The molecule has 0 unspecified atom stereocenters. The summed E-state index contributed by atoms with van der Waals surface area (Å²) < 4.78 is 10.3. The summed E-state index contributed by atoms with van der Waals surface area (Å²) in [7, 11) is 2.11. The number of aromatic nitrogens is 3. The van der Waals surface area contributed by atoms with Gasteiger partial charge < -0.3 is 4.42 Å². The molecule has 2 aromatic heterocycles. The highest BCUT2D eigenvalue weighted by atomic mass is 16.3. The van der Waals surface area contributed by atoms with Gasteiger partial charge in [0.2, 0.25) is 0 Å². The summed E-state index contributed by atoms with van der Waals surface area (Å²) in [5, 5.41) is 0. The van der Waals surface area contributed by atoms with Crippen molar-refractivity contribution < 1.29 is 8.98 Å². The van der Waals surface area contributed by atoms with Gasteiger partial charge in [0.15, 0.2) is 23.0 Å². The first kappa shape index (κ1) is 13.1. The number of rotatable bonds is 2. The van der Waals surface area contributed by atoms with Crippen LogP contribution in [0.1, 0.15) is 12.5 Å². The van der Waals surface area contributed by atoms with Gasteiger partial charge in [-0.2, -0.15) is 0 Å². The number of aryl methyl sites for hydroxylation is 3. The predicted octanol–water partition coefficient (Wildman–Crippen LogP) is 3.60. The Hall–Kier alpha value is -2.62. The minimum absolute atomic E-state index is 0.855. The molecule has 110 valence electrons. The largest absolute Gasteiger partial charge is 0.443 e. The summed E-state index contributed by atoms with van der Waals surface area (Å²) in [6.45, 7) is 5.20. The summed E-state index contributed by atoms with van der Waals surface area (Å²) in [5.74, 6) is 1.16. The second kappa shape index (κ2) is 4.70. The highest BCUT2D eigenvalue weighted by Gasteiger charge is 2.27. The molecule has 0 bridgehead atoms. The standard InChI is InChI=1S/C18H18N3O/c1-4-21-15-8-6-5-7-14(15)20(3)18(21)16-12(2)9-10-13-17(16)22-11-19-13/h5-11H,4H2,1-3H3/q+1. The third-order valence-corrected chi connectivity index (χ3v) is 4.35. The summed E-state index contributed by atoms with van der Waals surface area (Å²) in [6.07, 6.45) is 1.52. The third-order valence-electron chi connectivity index (χ3n) is 4.35. The van der Waals surface area contributed by atoms with E-state index >= 15 is 0 Å². The van der Waals surface area contributed by atoms with E-state index in [9.17, 15) is 0 Å². The molecule has 0 aliphatic heterocycles. The first-order chi connectivity index (χ1) is 10.7. The van der Waals surface area contributed by atoms with E-state index in [1.165, 1.54) is 23.0 Å². The number of benzene rings is 2. The molecule has 0 radical (unpaired) electrons. The van der Waals surface area contributed by atoms with Gasteiger partial charge in [-0.15, -0.1) is 0 Å². The van der Waals surface area contributed by atoms with E-state index in [-0.39, 0.29) is 0 Å². The maximum absolute atomic E-state index is 5.70. The highest BCUT2D eigenvalue weighted by molar-refractivity contribution is 5.91. The Morgan fingerprint density at radius 2 is 2.00 bits per heavy atom. The van der Waals surface area contributed by atoms with Gasteiger partial charge in [-0.3, -0.25) is 0 Å². The van der Waals surface area contributed by atoms with Gasteiger partial charge in [0.05, 0.1) is 13.6 Å². The van der Waals surface area contributed by atoms with Gasteiger partial charge in [-0.1, -0.05) is 18.2 Å². The Labute approximate surface area is 128 Å². The minimum Gasteiger partial charge on any atom is -0.443 e. The molecule has 4 nitrogen and oxygen atoms in total. The number of oxazole rings is 1. The van der Waals surface area contributed by atoms with Crippen LogP contribution in [0.2, 0.25) is 0 Å². The topological polar surface area (TPSA) is 34.8 Å². The Kier molecular flexibility index (Phi) is 2.79. The van der Waals surface area contributed by atoms with Gasteiger partial charge in [0, 0.05) is 0 Å². The summed E-state index contributed by atoms with van der Waals surface area (Å²) in [6, 6.07) is 12.6. The van der Waals surface area contributed by atoms with Crippen molar-refractivity contribution in [2.75, 3.05) is 0 Å². The number of nitrogens with zero attached hydrogens (tertiary/aromatic N) is 3. The van der Waals surface area contributed by atoms with E-state index in [0.717, 1.165) is 29.0 Å². The van der Waals surface area contributed by atoms with Crippen molar-refractivity contribution in [3.05, 3.63) is 48.4 Å². The monoisotopic (exact) mass is 292 g/mol. The van der Waals surface area contributed by atoms with E-state index in [4.69, 9.17) is 4.42 Å².